The fourth-order valence-corrected chi connectivity index (χ4v) is 2.64. The largest absolute Gasteiger partial charge is 0.441 e. The molecule has 0 fully saturated rings. The van der Waals surface area contributed by atoms with E-state index in [1.165, 1.54) is 0 Å². The van der Waals surface area contributed by atoms with Crippen molar-refractivity contribution in [3.63, 3.8) is 0 Å². The molecule has 0 aromatic rings. The van der Waals surface area contributed by atoms with Crippen molar-refractivity contribution in [1.82, 2.24) is 5.32 Å². The molecule has 1 rings (SSSR count). The number of halogens is 3. The molecule has 2 nitrogen and oxygen atoms in total. The highest BCUT2D eigenvalue weighted by molar-refractivity contribution is 8.14. The van der Waals surface area contributed by atoms with Crippen LogP contribution in [0.2, 0.25) is 0 Å². The molecule has 1 N–H and O–H groups in total. The van der Waals surface area contributed by atoms with Crippen LogP contribution in [0.1, 0.15) is 13.8 Å². The van der Waals surface area contributed by atoms with Crippen molar-refractivity contribution in [1.29, 1.82) is 0 Å². The predicted octanol–water partition coefficient (Wildman–Crippen LogP) is 2.96. The minimum Gasteiger partial charge on any atom is -0.364 e. The molecule has 0 aromatic heterocycles. The number of hydrogen-bond donors (Lipinski definition) is 1. The normalized spacial score (nSPS) is 21.4. The van der Waals surface area contributed by atoms with Gasteiger partial charge in [0.05, 0.1) is 6.54 Å². The predicted molar refractivity (Wildman–Crippen MR) is 65.0 cm³/mol. The minimum absolute atomic E-state index is 0.00272. The van der Waals surface area contributed by atoms with Crippen LogP contribution in [0.15, 0.2) is 4.99 Å². The highest BCUT2D eigenvalue weighted by Gasteiger charge is 2.27. The van der Waals surface area contributed by atoms with Gasteiger partial charge in [-0.05, 0) is 17.7 Å². The van der Waals surface area contributed by atoms with E-state index in [9.17, 15) is 13.2 Å². The van der Waals surface area contributed by atoms with E-state index in [-0.39, 0.29) is 17.5 Å². The van der Waals surface area contributed by atoms with Crippen molar-refractivity contribution in [2.24, 2.45) is 10.9 Å². The zero-order chi connectivity index (χ0) is 12.2. The van der Waals surface area contributed by atoms with Crippen molar-refractivity contribution in [2.75, 3.05) is 18.8 Å². The third-order valence-corrected chi connectivity index (χ3v) is 4.29. The molecule has 7 heteroatoms. The Hall–Kier alpha value is -0.0400. The molecule has 1 unspecified atom stereocenters. The second-order valence-corrected chi connectivity index (χ2v) is 6.15. The smallest absolute Gasteiger partial charge is 0.364 e. The molecular weight excluding hydrogens is 257 g/mol. The Kier molecular flexibility index (Phi) is 5.30. The topological polar surface area (TPSA) is 24.4 Å². The highest BCUT2D eigenvalue weighted by atomic mass is 32.2. The van der Waals surface area contributed by atoms with Crippen LogP contribution < -0.4 is 5.32 Å². The van der Waals surface area contributed by atoms with E-state index in [1.54, 1.807) is 11.8 Å². The zero-order valence-electron chi connectivity index (χ0n) is 9.17. The summed E-state index contributed by atoms with van der Waals surface area (Å²) in [6.07, 6.45) is 0. The number of hydrogen-bond acceptors (Lipinski definition) is 4. The summed E-state index contributed by atoms with van der Waals surface area (Å²) >= 11 is 1.62. The summed E-state index contributed by atoms with van der Waals surface area (Å²) in [5.41, 5.74) is -4.13. The van der Waals surface area contributed by atoms with Crippen LogP contribution in [-0.4, -0.2) is 34.8 Å². The molecule has 0 saturated heterocycles. The van der Waals surface area contributed by atoms with Crippen LogP contribution in [0, 0.1) is 5.92 Å². The Labute approximate surface area is 102 Å². The van der Waals surface area contributed by atoms with E-state index in [4.69, 9.17) is 0 Å². The second-order valence-electron chi connectivity index (χ2n) is 3.77. The lowest BCUT2D eigenvalue weighted by atomic mass is 10.1. The van der Waals surface area contributed by atoms with Gasteiger partial charge in [0.25, 0.3) is 0 Å². The van der Waals surface area contributed by atoms with Crippen LogP contribution in [-0.2, 0) is 0 Å². The first-order chi connectivity index (χ1) is 7.38. The molecule has 16 heavy (non-hydrogen) atoms. The SMILES string of the molecule is CC(C)C1CN=C(NCCSC(F)(F)F)S1. The average molecular weight is 272 g/mol. The van der Waals surface area contributed by atoms with Gasteiger partial charge in [0.2, 0.25) is 0 Å². The van der Waals surface area contributed by atoms with Crippen molar-refractivity contribution in [2.45, 2.75) is 24.6 Å². The van der Waals surface area contributed by atoms with Gasteiger partial charge in [-0.2, -0.15) is 13.2 Å². The van der Waals surface area contributed by atoms with E-state index >= 15 is 0 Å². The molecule has 0 aromatic carbocycles. The minimum atomic E-state index is -4.13. The van der Waals surface area contributed by atoms with E-state index < -0.39 is 5.51 Å². The number of aliphatic imine (C=N–C) groups is 1. The van der Waals surface area contributed by atoms with E-state index in [0.29, 0.717) is 17.7 Å². The molecule has 0 radical (unpaired) electrons. The molecule has 1 aliphatic heterocycles. The second kappa shape index (κ2) is 6.05. The standard InChI is InChI=1S/C9H15F3N2S2/c1-6(2)7-5-14-8(16-7)13-3-4-15-9(10,11)12/h6-7H,3-5H2,1-2H3,(H,13,14). The maximum Gasteiger partial charge on any atom is 0.441 e. The number of amidine groups is 1. The van der Waals surface area contributed by atoms with Gasteiger partial charge in [-0.3, -0.25) is 4.99 Å². The van der Waals surface area contributed by atoms with Crippen LogP contribution in [0.4, 0.5) is 13.2 Å². The number of alkyl halides is 3. The van der Waals surface area contributed by atoms with Crippen LogP contribution in [0.5, 0.6) is 0 Å². The van der Waals surface area contributed by atoms with Crippen molar-refractivity contribution in [3.05, 3.63) is 0 Å². The van der Waals surface area contributed by atoms with Gasteiger partial charge in [0.15, 0.2) is 5.17 Å². The Morgan fingerprint density at radius 2 is 2.25 bits per heavy atom. The lowest BCUT2D eigenvalue weighted by Crippen LogP contribution is -2.23. The molecule has 0 aliphatic carbocycles. The first kappa shape index (κ1) is 14.0. The highest BCUT2D eigenvalue weighted by Crippen LogP contribution is 2.30. The van der Waals surface area contributed by atoms with Gasteiger partial charge in [-0.15, -0.1) is 0 Å². The molecular formula is C9H15F3N2S2. The third kappa shape index (κ3) is 5.34. The molecule has 0 amide bonds. The maximum absolute atomic E-state index is 11.8. The number of nitrogens with zero attached hydrogens (tertiary/aromatic N) is 1. The van der Waals surface area contributed by atoms with Crippen LogP contribution in [0.3, 0.4) is 0 Å². The lowest BCUT2D eigenvalue weighted by molar-refractivity contribution is -0.0327. The molecule has 94 valence electrons. The summed E-state index contributed by atoms with van der Waals surface area (Å²) in [6.45, 7) is 5.31. The third-order valence-electron chi connectivity index (χ3n) is 2.07. The van der Waals surface area contributed by atoms with Gasteiger partial charge in [0, 0.05) is 17.5 Å². The Bertz CT molecular complexity index is 254. The monoisotopic (exact) mass is 272 g/mol. The summed E-state index contributed by atoms with van der Waals surface area (Å²) in [4.78, 5) is 4.25. The van der Waals surface area contributed by atoms with E-state index in [1.807, 2.05) is 0 Å². The fourth-order valence-electron chi connectivity index (χ4n) is 1.16. The van der Waals surface area contributed by atoms with Crippen molar-refractivity contribution < 1.29 is 13.2 Å². The summed E-state index contributed by atoms with van der Waals surface area (Å²) in [6, 6.07) is 0. The van der Waals surface area contributed by atoms with Gasteiger partial charge in [-0.25, -0.2) is 0 Å². The summed E-state index contributed by atoms with van der Waals surface area (Å²) in [5.74, 6) is 0.563. The Morgan fingerprint density at radius 3 is 2.75 bits per heavy atom. The van der Waals surface area contributed by atoms with Crippen LogP contribution in [0.25, 0.3) is 0 Å². The van der Waals surface area contributed by atoms with Crippen molar-refractivity contribution >= 4 is 28.7 Å². The molecule has 1 aliphatic rings. The Morgan fingerprint density at radius 1 is 1.56 bits per heavy atom. The maximum atomic E-state index is 11.8. The van der Waals surface area contributed by atoms with Gasteiger partial charge >= 0.3 is 5.51 Å². The molecule has 1 heterocycles. The summed E-state index contributed by atoms with van der Waals surface area (Å²) < 4.78 is 35.5. The molecule has 0 spiro atoms. The first-order valence-electron chi connectivity index (χ1n) is 5.04. The molecule has 0 bridgehead atoms. The zero-order valence-corrected chi connectivity index (χ0v) is 10.8. The van der Waals surface area contributed by atoms with Gasteiger partial charge in [-0.1, -0.05) is 25.6 Å². The Balaban J connectivity index is 2.12. The molecule has 1 atom stereocenters. The van der Waals surface area contributed by atoms with E-state index in [2.05, 4.69) is 24.2 Å². The fraction of sp³-hybridized carbons (Fsp3) is 0.889. The van der Waals surface area contributed by atoms with Gasteiger partial charge < -0.3 is 5.32 Å². The lowest BCUT2D eigenvalue weighted by Gasteiger charge is -2.12. The van der Waals surface area contributed by atoms with Crippen LogP contribution >= 0.6 is 23.5 Å². The van der Waals surface area contributed by atoms with E-state index in [0.717, 1.165) is 11.7 Å². The first-order valence-corrected chi connectivity index (χ1v) is 6.90. The number of nitrogens with one attached hydrogen (secondary N) is 1. The quantitative estimate of drug-likeness (QED) is 0.796. The summed E-state index contributed by atoms with van der Waals surface area (Å²) in [5, 5.41) is 4.17. The van der Waals surface area contributed by atoms with Gasteiger partial charge in [0.1, 0.15) is 0 Å². The summed E-state index contributed by atoms with van der Waals surface area (Å²) in [7, 11) is 0. The number of thioether (sulfide) groups is 2. The average Bonchev–Trinajstić information content (AvgIpc) is 2.59. The molecule has 0 saturated carbocycles. The van der Waals surface area contributed by atoms with Crippen molar-refractivity contribution in [3.8, 4) is 0 Å². The number of rotatable bonds is 4.